The quantitative estimate of drug-likeness (QED) is 0.788. The van der Waals surface area contributed by atoms with E-state index in [2.05, 4.69) is 10.1 Å². The van der Waals surface area contributed by atoms with E-state index in [1.807, 2.05) is 36.1 Å². The van der Waals surface area contributed by atoms with Crippen LogP contribution in [-0.2, 0) is 7.05 Å². The molecule has 0 fully saturated rings. The van der Waals surface area contributed by atoms with E-state index in [4.69, 9.17) is 5.11 Å². The minimum Gasteiger partial charge on any atom is -0.476 e. The molecule has 0 amide bonds. The van der Waals surface area contributed by atoms with Crippen molar-refractivity contribution in [3.8, 4) is 16.9 Å². The van der Waals surface area contributed by atoms with Crippen LogP contribution in [0, 0.1) is 0 Å². The van der Waals surface area contributed by atoms with Gasteiger partial charge in [-0.05, 0) is 24.3 Å². The van der Waals surface area contributed by atoms with Crippen LogP contribution < -0.4 is 0 Å². The molecule has 0 radical (unpaired) electrons. The lowest BCUT2D eigenvalue weighted by Crippen LogP contribution is -2.02. The van der Waals surface area contributed by atoms with Crippen LogP contribution in [0.3, 0.4) is 0 Å². The molecule has 100 valence electrons. The van der Waals surface area contributed by atoms with Crippen LogP contribution in [0.1, 0.15) is 10.5 Å². The second-order valence-corrected chi connectivity index (χ2v) is 4.41. The minimum atomic E-state index is -1.05. The summed E-state index contributed by atoms with van der Waals surface area (Å²) in [5.74, 6) is -1.05. The van der Waals surface area contributed by atoms with E-state index in [1.165, 1.54) is 0 Å². The number of nitrogens with zero attached hydrogens (tertiary/aromatic N) is 4. The van der Waals surface area contributed by atoms with Crippen LogP contribution in [0.25, 0.3) is 16.9 Å². The summed E-state index contributed by atoms with van der Waals surface area (Å²) in [5.41, 5.74) is 2.35. The molecule has 0 bridgehead atoms. The normalized spacial score (nSPS) is 10.7. The summed E-state index contributed by atoms with van der Waals surface area (Å²) in [7, 11) is 1.91. The summed E-state index contributed by atoms with van der Waals surface area (Å²) in [4.78, 5) is 15.2. The van der Waals surface area contributed by atoms with Gasteiger partial charge in [0.25, 0.3) is 0 Å². The Morgan fingerprint density at radius 2 is 2.20 bits per heavy atom. The van der Waals surface area contributed by atoms with Crippen molar-refractivity contribution in [1.29, 1.82) is 0 Å². The Balaban J connectivity index is 2.20. The molecule has 3 heterocycles. The van der Waals surface area contributed by atoms with Gasteiger partial charge in [0, 0.05) is 31.2 Å². The van der Waals surface area contributed by atoms with Gasteiger partial charge in [-0.15, -0.1) is 0 Å². The first-order valence-electron chi connectivity index (χ1n) is 6.01. The van der Waals surface area contributed by atoms with E-state index >= 15 is 0 Å². The summed E-state index contributed by atoms with van der Waals surface area (Å²) in [6.07, 6.45) is 7.12. The molecule has 3 rings (SSSR count). The van der Waals surface area contributed by atoms with Crippen LogP contribution in [0.4, 0.5) is 0 Å². The van der Waals surface area contributed by atoms with Crippen molar-refractivity contribution in [2.24, 2.45) is 7.05 Å². The van der Waals surface area contributed by atoms with E-state index < -0.39 is 5.97 Å². The predicted octanol–water partition coefficient (Wildman–Crippen LogP) is 1.97. The zero-order valence-electron chi connectivity index (χ0n) is 10.8. The fourth-order valence-electron chi connectivity index (χ4n) is 2.02. The van der Waals surface area contributed by atoms with Crippen LogP contribution in [-0.4, -0.2) is 30.4 Å². The van der Waals surface area contributed by atoms with E-state index in [9.17, 15) is 4.79 Å². The van der Waals surface area contributed by atoms with Gasteiger partial charge in [0.15, 0.2) is 5.69 Å². The molecule has 0 unspecified atom stereocenters. The molecule has 3 aromatic rings. The van der Waals surface area contributed by atoms with E-state index in [0.29, 0.717) is 0 Å². The Morgan fingerprint density at radius 3 is 2.80 bits per heavy atom. The van der Waals surface area contributed by atoms with Crippen molar-refractivity contribution >= 4 is 5.97 Å². The minimum absolute atomic E-state index is 0.00714. The Morgan fingerprint density at radius 1 is 1.35 bits per heavy atom. The molecule has 0 saturated heterocycles. The van der Waals surface area contributed by atoms with Gasteiger partial charge < -0.3 is 9.67 Å². The van der Waals surface area contributed by atoms with Gasteiger partial charge >= 0.3 is 5.97 Å². The fourth-order valence-corrected chi connectivity index (χ4v) is 2.02. The lowest BCUT2D eigenvalue weighted by atomic mass is 10.2. The van der Waals surface area contributed by atoms with E-state index in [1.54, 1.807) is 29.2 Å². The summed E-state index contributed by atoms with van der Waals surface area (Å²) >= 11 is 0. The number of pyridine rings is 1. The third kappa shape index (κ3) is 2.07. The van der Waals surface area contributed by atoms with Crippen molar-refractivity contribution in [3.63, 3.8) is 0 Å². The molecule has 0 aliphatic rings. The summed E-state index contributed by atoms with van der Waals surface area (Å²) < 4.78 is 3.49. The second-order valence-electron chi connectivity index (χ2n) is 4.41. The van der Waals surface area contributed by atoms with Crippen molar-refractivity contribution in [2.45, 2.75) is 0 Å². The number of carbonyl (C=O) groups is 1. The summed E-state index contributed by atoms with van der Waals surface area (Å²) in [5, 5.41) is 13.3. The van der Waals surface area contributed by atoms with Crippen molar-refractivity contribution in [3.05, 3.63) is 54.7 Å². The highest BCUT2D eigenvalue weighted by molar-refractivity contribution is 5.87. The molecule has 6 heteroatoms. The van der Waals surface area contributed by atoms with Crippen LogP contribution in [0.2, 0.25) is 0 Å². The maximum atomic E-state index is 11.1. The van der Waals surface area contributed by atoms with Gasteiger partial charge in [-0.25, -0.2) is 9.48 Å². The second kappa shape index (κ2) is 4.65. The summed E-state index contributed by atoms with van der Waals surface area (Å²) in [6.45, 7) is 0. The van der Waals surface area contributed by atoms with Gasteiger partial charge in [-0.1, -0.05) is 0 Å². The average molecular weight is 268 g/mol. The Hall–Kier alpha value is -2.89. The summed E-state index contributed by atoms with van der Waals surface area (Å²) in [6, 6.07) is 7.09. The molecule has 0 aromatic carbocycles. The molecular formula is C14H12N4O2. The molecule has 0 atom stereocenters. The molecule has 0 aliphatic carbocycles. The molecule has 0 saturated carbocycles. The van der Waals surface area contributed by atoms with E-state index in [0.717, 1.165) is 16.9 Å². The lowest BCUT2D eigenvalue weighted by Gasteiger charge is -2.05. The van der Waals surface area contributed by atoms with Gasteiger partial charge in [0.05, 0.1) is 17.6 Å². The highest BCUT2D eigenvalue weighted by Gasteiger charge is 2.16. The standard InChI is InChI=1S/C14H12N4O2/c1-17-6-4-10(9-17)13-7-12(14(19)20)16-18(13)11-3-2-5-15-8-11/h2-9H,1H3,(H,19,20). The molecule has 0 aliphatic heterocycles. The number of aryl methyl sites for hydroxylation is 1. The first-order valence-corrected chi connectivity index (χ1v) is 6.01. The van der Waals surface area contributed by atoms with Gasteiger partial charge in [0.2, 0.25) is 0 Å². The molecule has 0 spiro atoms. The topological polar surface area (TPSA) is 72.9 Å². The SMILES string of the molecule is Cn1ccc(-c2cc(C(=O)O)nn2-c2cccnc2)c1. The highest BCUT2D eigenvalue weighted by Crippen LogP contribution is 2.24. The van der Waals surface area contributed by atoms with Gasteiger partial charge in [-0.3, -0.25) is 4.98 Å². The molecular weight excluding hydrogens is 256 g/mol. The third-order valence-electron chi connectivity index (χ3n) is 2.95. The number of carboxylic acids is 1. The molecule has 1 N–H and O–H groups in total. The maximum absolute atomic E-state index is 11.1. The smallest absolute Gasteiger partial charge is 0.356 e. The number of rotatable bonds is 3. The van der Waals surface area contributed by atoms with Crippen molar-refractivity contribution in [1.82, 2.24) is 19.3 Å². The Bertz CT molecular complexity index is 759. The lowest BCUT2D eigenvalue weighted by molar-refractivity contribution is 0.0690. The zero-order chi connectivity index (χ0) is 14.1. The number of hydrogen-bond donors (Lipinski definition) is 1. The van der Waals surface area contributed by atoms with Crippen molar-refractivity contribution in [2.75, 3.05) is 0 Å². The zero-order valence-corrected chi connectivity index (χ0v) is 10.8. The average Bonchev–Trinajstić information content (AvgIpc) is 3.05. The molecule has 6 nitrogen and oxygen atoms in total. The number of aromatic nitrogens is 4. The van der Waals surface area contributed by atoms with Crippen LogP contribution >= 0.6 is 0 Å². The third-order valence-corrected chi connectivity index (χ3v) is 2.95. The number of hydrogen-bond acceptors (Lipinski definition) is 3. The van der Waals surface area contributed by atoms with Crippen LogP contribution in [0.15, 0.2) is 49.1 Å². The van der Waals surface area contributed by atoms with E-state index in [-0.39, 0.29) is 5.69 Å². The van der Waals surface area contributed by atoms with Crippen molar-refractivity contribution < 1.29 is 9.90 Å². The Kier molecular flexibility index (Phi) is 2.83. The Labute approximate surface area is 114 Å². The molecule has 3 aromatic heterocycles. The van der Waals surface area contributed by atoms with Gasteiger partial charge in [-0.2, -0.15) is 5.10 Å². The fraction of sp³-hybridized carbons (Fsp3) is 0.0714. The first kappa shape index (κ1) is 12.2. The maximum Gasteiger partial charge on any atom is 0.356 e. The van der Waals surface area contributed by atoms with Crippen LogP contribution in [0.5, 0.6) is 0 Å². The van der Waals surface area contributed by atoms with Gasteiger partial charge in [0.1, 0.15) is 0 Å². The first-order chi connectivity index (χ1) is 9.65. The monoisotopic (exact) mass is 268 g/mol. The predicted molar refractivity (Wildman–Crippen MR) is 72.7 cm³/mol. The highest BCUT2D eigenvalue weighted by atomic mass is 16.4. The largest absolute Gasteiger partial charge is 0.476 e. The molecule has 20 heavy (non-hydrogen) atoms. The number of aromatic carboxylic acids is 1. The number of carboxylic acid groups (broad SMARTS) is 1.